The standard InChI is InChI=1S/C27H24ClFN2O4/c1-34-23-13-11-19(15-21(23)29)25-24(26(32)35-16-18-6-3-2-4-7-18)22(30-27(33)31-25)12-10-17-8-5-9-20(28)14-17/h2-9,11,13-15,25H,10,12,16H2,1H3,(H2,30,31,33). The van der Waals surface area contributed by atoms with E-state index in [9.17, 15) is 14.0 Å². The van der Waals surface area contributed by atoms with Crippen LogP contribution in [0.5, 0.6) is 5.75 Å². The van der Waals surface area contributed by atoms with E-state index < -0.39 is 23.9 Å². The van der Waals surface area contributed by atoms with E-state index in [2.05, 4.69) is 10.6 Å². The summed E-state index contributed by atoms with van der Waals surface area (Å²) in [6.07, 6.45) is 0.869. The predicted molar refractivity (Wildman–Crippen MR) is 130 cm³/mol. The largest absolute Gasteiger partial charge is 0.494 e. The van der Waals surface area contributed by atoms with Crippen LogP contribution in [0.15, 0.2) is 84.1 Å². The van der Waals surface area contributed by atoms with Crippen molar-refractivity contribution in [2.75, 3.05) is 7.11 Å². The quantitative estimate of drug-likeness (QED) is 0.407. The molecule has 1 heterocycles. The normalized spacial score (nSPS) is 15.3. The first-order chi connectivity index (χ1) is 16.9. The molecule has 1 atom stereocenters. The Hall–Kier alpha value is -3.84. The summed E-state index contributed by atoms with van der Waals surface area (Å²) < 4.78 is 25.1. The Bertz CT molecular complexity index is 1260. The zero-order chi connectivity index (χ0) is 24.8. The van der Waals surface area contributed by atoms with Crippen LogP contribution in [-0.2, 0) is 22.6 Å². The van der Waals surface area contributed by atoms with Crippen molar-refractivity contribution in [3.05, 3.63) is 112 Å². The summed E-state index contributed by atoms with van der Waals surface area (Å²) in [4.78, 5) is 25.9. The third-order valence-corrected chi connectivity index (χ3v) is 5.88. The number of nitrogens with one attached hydrogen (secondary N) is 2. The lowest BCUT2D eigenvalue weighted by Gasteiger charge is -2.29. The monoisotopic (exact) mass is 494 g/mol. The molecule has 0 radical (unpaired) electrons. The molecule has 0 aromatic heterocycles. The number of carbonyl (C=O) groups is 2. The van der Waals surface area contributed by atoms with Crippen LogP contribution in [-0.4, -0.2) is 19.1 Å². The third-order valence-electron chi connectivity index (χ3n) is 5.65. The summed E-state index contributed by atoms with van der Waals surface area (Å²) in [6, 6.07) is 19.5. The average Bonchev–Trinajstić information content (AvgIpc) is 2.86. The highest BCUT2D eigenvalue weighted by molar-refractivity contribution is 6.30. The number of esters is 1. The van der Waals surface area contributed by atoms with Crippen LogP contribution in [0.25, 0.3) is 0 Å². The van der Waals surface area contributed by atoms with Crippen molar-refractivity contribution in [2.45, 2.75) is 25.5 Å². The molecule has 4 rings (SSSR count). The maximum absolute atomic E-state index is 14.5. The SMILES string of the molecule is COc1ccc(C2NC(=O)NC(CCc3cccc(Cl)c3)=C2C(=O)OCc2ccccc2)cc1F. The number of amides is 2. The molecule has 0 saturated carbocycles. The van der Waals surface area contributed by atoms with E-state index >= 15 is 0 Å². The van der Waals surface area contributed by atoms with Gasteiger partial charge < -0.3 is 20.1 Å². The van der Waals surface area contributed by atoms with Gasteiger partial charge in [-0.15, -0.1) is 0 Å². The number of aryl methyl sites for hydroxylation is 1. The Balaban J connectivity index is 1.68. The molecule has 0 aliphatic carbocycles. The van der Waals surface area contributed by atoms with Crippen LogP contribution in [0.1, 0.15) is 29.2 Å². The number of hydrogen-bond donors (Lipinski definition) is 2. The molecule has 0 saturated heterocycles. The molecule has 180 valence electrons. The number of rotatable bonds is 8. The fourth-order valence-corrected chi connectivity index (χ4v) is 4.14. The fraction of sp³-hybridized carbons (Fsp3) is 0.185. The molecule has 1 unspecified atom stereocenters. The maximum atomic E-state index is 14.5. The van der Waals surface area contributed by atoms with Crippen molar-refractivity contribution >= 4 is 23.6 Å². The van der Waals surface area contributed by atoms with E-state index in [1.807, 2.05) is 48.5 Å². The maximum Gasteiger partial charge on any atom is 0.338 e. The molecule has 2 N–H and O–H groups in total. The van der Waals surface area contributed by atoms with Crippen molar-refractivity contribution in [3.8, 4) is 5.75 Å². The molecular formula is C27H24ClFN2O4. The van der Waals surface area contributed by atoms with E-state index in [1.54, 1.807) is 12.1 Å². The van der Waals surface area contributed by atoms with Crippen LogP contribution < -0.4 is 15.4 Å². The van der Waals surface area contributed by atoms with Gasteiger partial charge in [0.2, 0.25) is 0 Å². The minimum Gasteiger partial charge on any atom is -0.494 e. The molecule has 35 heavy (non-hydrogen) atoms. The Morgan fingerprint density at radius 1 is 1.00 bits per heavy atom. The van der Waals surface area contributed by atoms with E-state index in [0.29, 0.717) is 29.1 Å². The minimum atomic E-state index is -0.901. The van der Waals surface area contributed by atoms with Crippen LogP contribution in [0.2, 0.25) is 5.02 Å². The highest BCUT2D eigenvalue weighted by atomic mass is 35.5. The lowest BCUT2D eigenvalue weighted by molar-refractivity contribution is -0.140. The first kappa shape index (κ1) is 24.3. The van der Waals surface area contributed by atoms with Crippen LogP contribution in [0, 0.1) is 5.82 Å². The summed E-state index contributed by atoms with van der Waals surface area (Å²) in [6.45, 7) is 0.0579. The molecule has 0 bridgehead atoms. The molecule has 3 aromatic rings. The second-order valence-electron chi connectivity index (χ2n) is 8.01. The molecule has 6 nitrogen and oxygen atoms in total. The van der Waals surface area contributed by atoms with E-state index in [4.69, 9.17) is 21.1 Å². The Morgan fingerprint density at radius 2 is 1.77 bits per heavy atom. The van der Waals surface area contributed by atoms with Gasteiger partial charge in [-0.3, -0.25) is 0 Å². The third kappa shape index (κ3) is 6.00. The number of halogens is 2. The molecular weight excluding hydrogens is 471 g/mol. The zero-order valence-electron chi connectivity index (χ0n) is 19.0. The molecule has 1 aliphatic rings. The predicted octanol–water partition coefficient (Wildman–Crippen LogP) is 5.47. The van der Waals surface area contributed by atoms with Crippen molar-refractivity contribution in [1.82, 2.24) is 10.6 Å². The van der Waals surface area contributed by atoms with Gasteiger partial charge in [-0.1, -0.05) is 60.1 Å². The number of benzene rings is 3. The van der Waals surface area contributed by atoms with Gasteiger partial charge in [-0.25, -0.2) is 14.0 Å². The van der Waals surface area contributed by atoms with Gasteiger partial charge in [-0.05, 0) is 53.8 Å². The van der Waals surface area contributed by atoms with E-state index in [0.717, 1.165) is 11.1 Å². The van der Waals surface area contributed by atoms with Crippen molar-refractivity contribution < 1.29 is 23.5 Å². The molecule has 1 aliphatic heterocycles. The van der Waals surface area contributed by atoms with Crippen LogP contribution in [0.4, 0.5) is 9.18 Å². The average molecular weight is 495 g/mol. The number of carbonyl (C=O) groups excluding carboxylic acids is 2. The van der Waals surface area contributed by atoms with Gasteiger partial charge in [0, 0.05) is 10.7 Å². The van der Waals surface area contributed by atoms with Crippen molar-refractivity contribution in [3.63, 3.8) is 0 Å². The lowest BCUT2D eigenvalue weighted by atomic mass is 9.93. The molecule has 3 aromatic carbocycles. The summed E-state index contributed by atoms with van der Waals surface area (Å²) in [5.74, 6) is -1.15. The van der Waals surface area contributed by atoms with E-state index in [1.165, 1.54) is 19.2 Å². The molecule has 0 spiro atoms. The number of allylic oxidation sites excluding steroid dienone is 1. The second kappa shape index (κ2) is 11.1. The van der Waals surface area contributed by atoms with Gasteiger partial charge in [0.25, 0.3) is 0 Å². The lowest BCUT2D eigenvalue weighted by Crippen LogP contribution is -2.46. The van der Waals surface area contributed by atoms with Gasteiger partial charge in [0.05, 0.1) is 18.7 Å². The minimum absolute atomic E-state index is 0.0579. The number of ether oxygens (including phenoxy) is 2. The van der Waals surface area contributed by atoms with E-state index in [-0.39, 0.29) is 17.9 Å². The molecule has 2 amide bonds. The number of methoxy groups -OCH3 is 1. The first-order valence-corrected chi connectivity index (χ1v) is 11.4. The van der Waals surface area contributed by atoms with Gasteiger partial charge in [0.1, 0.15) is 6.61 Å². The van der Waals surface area contributed by atoms with Crippen molar-refractivity contribution in [2.24, 2.45) is 0 Å². The highest BCUT2D eigenvalue weighted by Gasteiger charge is 2.34. The highest BCUT2D eigenvalue weighted by Crippen LogP contribution is 2.32. The number of urea groups is 1. The van der Waals surface area contributed by atoms with Crippen LogP contribution >= 0.6 is 11.6 Å². The second-order valence-corrected chi connectivity index (χ2v) is 8.45. The Morgan fingerprint density at radius 3 is 2.49 bits per heavy atom. The summed E-state index contributed by atoms with van der Waals surface area (Å²) >= 11 is 6.10. The number of hydrogen-bond acceptors (Lipinski definition) is 4. The van der Waals surface area contributed by atoms with Gasteiger partial charge in [-0.2, -0.15) is 0 Å². The van der Waals surface area contributed by atoms with Gasteiger partial charge in [0.15, 0.2) is 11.6 Å². The Labute approximate surface area is 207 Å². The van der Waals surface area contributed by atoms with Crippen molar-refractivity contribution in [1.29, 1.82) is 0 Å². The smallest absolute Gasteiger partial charge is 0.338 e. The molecule has 0 fully saturated rings. The zero-order valence-corrected chi connectivity index (χ0v) is 19.8. The topological polar surface area (TPSA) is 76.7 Å². The van der Waals surface area contributed by atoms with Crippen LogP contribution in [0.3, 0.4) is 0 Å². The van der Waals surface area contributed by atoms with Gasteiger partial charge >= 0.3 is 12.0 Å². The Kier molecular flexibility index (Phi) is 7.67. The summed E-state index contributed by atoms with van der Waals surface area (Å²) in [7, 11) is 1.37. The molecule has 8 heteroatoms. The summed E-state index contributed by atoms with van der Waals surface area (Å²) in [5.41, 5.74) is 2.79. The summed E-state index contributed by atoms with van der Waals surface area (Å²) in [5, 5.41) is 6.07. The first-order valence-electron chi connectivity index (χ1n) is 11.0. The fourth-order valence-electron chi connectivity index (χ4n) is 3.93.